The Bertz CT molecular complexity index is 9510. The molecule has 12 heteroatoms. The molecule has 28 rings (SSSR count). The van der Waals surface area contributed by atoms with Gasteiger partial charge >= 0.3 is 0 Å². The van der Waals surface area contributed by atoms with Gasteiger partial charge in [0, 0.05) is 147 Å². The van der Waals surface area contributed by atoms with Crippen molar-refractivity contribution in [2.75, 3.05) is 0 Å². The molecule has 8 nitrogen and oxygen atoms in total. The molecular formula is C128H80N8S4. The van der Waals surface area contributed by atoms with Crippen molar-refractivity contribution in [3.05, 3.63) is 485 Å². The van der Waals surface area contributed by atoms with Crippen molar-refractivity contribution in [3.63, 3.8) is 0 Å². The second-order valence-electron chi connectivity index (χ2n) is 34.5. The van der Waals surface area contributed by atoms with Gasteiger partial charge in [-0.3, -0.25) is 0 Å². The average molecular weight is 1860 g/mol. The number of aromatic nitrogens is 8. The SMILES string of the molecule is c1ccc(-c2nc(-c3ccccc3)c3cc(-c4cccc5c4sc4ccccc45)ccc3n2)cc1.c1ccc(-c2nc(-c3ccccc3)c3ccc(-c4cccc5c4sc4ccccc45)cc3n2)cc1.c1ccc(-c2nc3ccc(-c4cccc5c4sc4ccccc45)cc3nc2-c2ccccc2)cc1.c1ccc(-c2nc3cccc(-c4cccc5c4sc4ccccc45)c3nc2-c2ccccc2)cc1. The van der Waals surface area contributed by atoms with E-state index in [0.29, 0.717) is 0 Å². The summed E-state index contributed by atoms with van der Waals surface area (Å²) >= 11 is 7.41. The van der Waals surface area contributed by atoms with E-state index in [1.165, 1.54) is 114 Å². The Balaban J connectivity index is 0.0000000985. The molecule has 0 spiro atoms. The summed E-state index contributed by atoms with van der Waals surface area (Å²) in [6.45, 7) is 0. The Morgan fingerprint density at radius 3 is 0.814 bits per heavy atom. The van der Waals surface area contributed by atoms with Gasteiger partial charge in [0.15, 0.2) is 11.6 Å². The van der Waals surface area contributed by atoms with Crippen molar-refractivity contribution in [1.82, 2.24) is 39.9 Å². The Labute approximate surface area is 823 Å². The Morgan fingerprint density at radius 1 is 0.129 bits per heavy atom. The summed E-state index contributed by atoms with van der Waals surface area (Å²) < 4.78 is 10.5. The third kappa shape index (κ3) is 16.1. The zero-order valence-electron chi connectivity index (χ0n) is 75.4. The predicted octanol–water partition coefficient (Wildman–Crippen LogP) is 36.0. The highest BCUT2D eigenvalue weighted by atomic mass is 32.1. The molecule has 0 aliphatic carbocycles. The summed E-state index contributed by atoms with van der Waals surface area (Å²) in [7, 11) is 0. The molecule has 0 saturated heterocycles. The molecule has 656 valence electrons. The number of para-hydroxylation sites is 1. The highest BCUT2D eigenvalue weighted by molar-refractivity contribution is 7.27. The van der Waals surface area contributed by atoms with Crippen LogP contribution in [0.15, 0.2) is 485 Å². The van der Waals surface area contributed by atoms with E-state index in [9.17, 15) is 0 Å². The maximum atomic E-state index is 5.30. The first-order valence-electron chi connectivity index (χ1n) is 46.7. The van der Waals surface area contributed by atoms with E-state index in [1.807, 2.05) is 130 Å². The first-order valence-corrected chi connectivity index (χ1v) is 50.0. The second-order valence-corrected chi connectivity index (χ2v) is 38.7. The summed E-state index contributed by atoms with van der Waals surface area (Å²) in [5.41, 5.74) is 29.1. The Morgan fingerprint density at radius 2 is 0.407 bits per heavy atom. The summed E-state index contributed by atoms with van der Waals surface area (Å²) in [6, 6.07) is 169. The van der Waals surface area contributed by atoms with Gasteiger partial charge in [-0.1, -0.05) is 419 Å². The molecule has 140 heavy (non-hydrogen) atoms. The van der Waals surface area contributed by atoms with Crippen LogP contribution in [0.3, 0.4) is 0 Å². The van der Waals surface area contributed by atoms with Crippen LogP contribution in [0.5, 0.6) is 0 Å². The topological polar surface area (TPSA) is 103 Å². The molecule has 0 aliphatic heterocycles. The highest BCUT2D eigenvalue weighted by Gasteiger charge is 2.24. The van der Waals surface area contributed by atoms with Crippen LogP contribution < -0.4 is 0 Å². The van der Waals surface area contributed by atoms with Gasteiger partial charge in [0.25, 0.3) is 0 Å². The lowest BCUT2D eigenvalue weighted by Crippen LogP contribution is -1.97. The third-order valence-corrected chi connectivity index (χ3v) is 30.8. The van der Waals surface area contributed by atoms with Gasteiger partial charge in [-0.15, -0.1) is 45.3 Å². The first kappa shape index (κ1) is 84.4. The quantitative estimate of drug-likeness (QED) is 0.119. The molecule has 0 amide bonds. The molecule has 0 aliphatic rings. The molecular weight excluding hydrogens is 1780 g/mol. The molecule has 28 aromatic rings. The largest absolute Gasteiger partial charge is 0.244 e. The van der Waals surface area contributed by atoms with Crippen LogP contribution in [-0.2, 0) is 0 Å². The van der Waals surface area contributed by atoms with Gasteiger partial charge in [0.2, 0.25) is 0 Å². The lowest BCUT2D eigenvalue weighted by molar-refractivity contribution is 1.23. The average Bonchev–Trinajstić information content (AvgIpc) is 1.39. The van der Waals surface area contributed by atoms with Gasteiger partial charge in [0.1, 0.15) is 0 Å². The Hall–Kier alpha value is -17.4. The minimum absolute atomic E-state index is 0.745. The van der Waals surface area contributed by atoms with Gasteiger partial charge in [-0.25, -0.2) is 39.9 Å². The first-order chi connectivity index (χ1) is 69.4. The van der Waals surface area contributed by atoms with Crippen molar-refractivity contribution in [2.24, 2.45) is 0 Å². The van der Waals surface area contributed by atoms with E-state index in [1.54, 1.807) is 0 Å². The molecule has 8 heterocycles. The fourth-order valence-electron chi connectivity index (χ4n) is 19.2. The molecule has 0 saturated carbocycles. The summed E-state index contributed by atoms with van der Waals surface area (Å²) in [6.07, 6.45) is 0. The number of thiophene rings is 4. The lowest BCUT2D eigenvalue weighted by Gasteiger charge is -2.13. The van der Waals surface area contributed by atoms with Crippen LogP contribution in [0.4, 0.5) is 0 Å². The van der Waals surface area contributed by atoms with Crippen molar-refractivity contribution < 1.29 is 0 Å². The highest BCUT2D eigenvalue weighted by Crippen LogP contribution is 2.48. The molecule has 0 atom stereocenters. The molecule has 0 radical (unpaired) electrons. The minimum atomic E-state index is 0.745. The van der Waals surface area contributed by atoms with E-state index in [0.717, 1.165) is 145 Å². The minimum Gasteiger partial charge on any atom is -0.244 e. The van der Waals surface area contributed by atoms with Gasteiger partial charge in [-0.05, 0) is 100 Å². The summed E-state index contributed by atoms with van der Waals surface area (Å²) in [5.74, 6) is 1.49. The van der Waals surface area contributed by atoms with Crippen molar-refractivity contribution in [2.45, 2.75) is 0 Å². The lowest BCUT2D eigenvalue weighted by atomic mass is 9.98. The van der Waals surface area contributed by atoms with Gasteiger partial charge in [-0.2, -0.15) is 0 Å². The molecule has 0 bridgehead atoms. The van der Waals surface area contributed by atoms with E-state index >= 15 is 0 Å². The van der Waals surface area contributed by atoms with E-state index in [2.05, 4.69) is 400 Å². The van der Waals surface area contributed by atoms with Crippen molar-refractivity contribution >= 4 is 170 Å². The number of hydrogen-bond acceptors (Lipinski definition) is 12. The monoisotopic (exact) mass is 1860 g/mol. The summed E-state index contributed by atoms with van der Waals surface area (Å²) in [4.78, 5) is 40.8. The van der Waals surface area contributed by atoms with E-state index in [4.69, 9.17) is 39.9 Å². The van der Waals surface area contributed by atoms with Crippen LogP contribution in [-0.4, -0.2) is 39.9 Å². The van der Waals surface area contributed by atoms with Crippen LogP contribution in [0, 0.1) is 0 Å². The van der Waals surface area contributed by atoms with Gasteiger partial charge < -0.3 is 0 Å². The fourth-order valence-corrected chi connectivity index (χ4v) is 24.2. The van der Waals surface area contributed by atoms with Gasteiger partial charge in [0.05, 0.1) is 67.3 Å². The summed E-state index contributed by atoms with van der Waals surface area (Å²) in [5, 5.41) is 12.6. The zero-order chi connectivity index (χ0) is 92.8. The zero-order valence-corrected chi connectivity index (χ0v) is 78.7. The smallest absolute Gasteiger partial charge is 0.160 e. The van der Waals surface area contributed by atoms with Crippen molar-refractivity contribution in [1.29, 1.82) is 0 Å². The fraction of sp³-hybridized carbons (Fsp3) is 0. The van der Waals surface area contributed by atoms with Crippen LogP contribution >= 0.6 is 45.3 Å². The second kappa shape index (κ2) is 37.0. The number of nitrogens with zero attached hydrogens (tertiary/aromatic N) is 8. The van der Waals surface area contributed by atoms with Crippen LogP contribution in [0.1, 0.15) is 0 Å². The van der Waals surface area contributed by atoms with E-state index in [-0.39, 0.29) is 0 Å². The Kier molecular flexibility index (Phi) is 22.3. The molecule has 8 aromatic heterocycles. The number of fused-ring (bicyclic) bond motifs is 16. The predicted molar refractivity (Wildman–Crippen MR) is 595 cm³/mol. The number of hydrogen-bond donors (Lipinski definition) is 0. The van der Waals surface area contributed by atoms with Crippen LogP contribution in [0.25, 0.3) is 259 Å². The standard InChI is InChI=1S/4C32H20N2S/c1-3-11-21(12-4-1)29-30(22-13-5-2-6-14-22)34-31-24(16-10-19-27(31)33-29)26-18-9-17-25-23-15-7-8-20-28(23)35-32(25)26;1-3-10-21(11-4-1)30-27-20-23(18-19-28(27)33-32(34-30)22-12-5-2-6-13-22)24-15-9-16-26-25-14-7-8-17-29(25)35-31(24)26;1-3-10-21(11-4-1)30-31(22-12-5-2-6-13-22)34-28-20-23(18-19-27(28)33-30)24-15-9-16-26-25-14-7-8-17-29(25)35-32(24)26;1-3-10-21(11-4-1)30-27-19-18-23(20-28(27)33-32(34-30)22-12-5-2-6-13-22)24-15-9-16-26-25-14-7-8-17-29(25)35-31(24)26/h4*1-20H. The maximum absolute atomic E-state index is 5.30. The molecule has 0 unspecified atom stereocenters. The number of rotatable bonds is 12. The molecule has 0 N–H and O–H groups in total. The normalized spacial score (nSPS) is 11.4. The van der Waals surface area contributed by atoms with Crippen molar-refractivity contribution in [3.8, 4) is 135 Å². The van der Waals surface area contributed by atoms with Crippen LogP contribution in [0.2, 0.25) is 0 Å². The third-order valence-electron chi connectivity index (χ3n) is 25.9. The van der Waals surface area contributed by atoms with E-state index < -0.39 is 0 Å². The molecule has 20 aromatic carbocycles. The molecule has 0 fully saturated rings. The number of benzene rings is 20. The maximum Gasteiger partial charge on any atom is 0.160 e.